The number of aryl methyl sites for hydroxylation is 1. The van der Waals surface area contributed by atoms with Gasteiger partial charge in [0, 0.05) is 11.8 Å². The molecular weight excluding hydrogens is 332 g/mol. The van der Waals surface area contributed by atoms with E-state index in [1.165, 1.54) is 11.8 Å². The molecular formula is C17H13F2N3OS. The van der Waals surface area contributed by atoms with Crippen LogP contribution in [0.3, 0.4) is 0 Å². The second-order valence-corrected chi connectivity index (χ2v) is 6.06. The molecule has 2 aromatic carbocycles. The van der Waals surface area contributed by atoms with Gasteiger partial charge in [0.05, 0.1) is 22.5 Å². The Morgan fingerprint density at radius 2 is 1.71 bits per heavy atom. The first kappa shape index (κ1) is 16.3. The van der Waals surface area contributed by atoms with E-state index in [1.807, 2.05) is 31.2 Å². The van der Waals surface area contributed by atoms with Gasteiger partial charge in [-0.25, -0.2) is 18.7 Å². The lowest BCUT2D eigenvalue weighted by Crippen LogP contribution is -2.14. The Labute approximate surface area is 141 Å². The van der Waals surface area contributed by atoms with Gasteiger partial charge in [-0.1, -0.05) is 23.9 Å². The summed E-state index contributed by atoms with van der Waals surface area (Å²) in [5.41, 5.74) is 2.35. The van der Waals surface area contributed by atoms with Crippen molar-refractivity contribution >= 4 is 34.4 Å². The van der Waals surface area contributed by atoms with Crippen LogP contribution in [-0.4, -0.2) is 21.6 Å². The lowest BCUT2D eigenvalue weighted by molar-refractivity contribution is -0.113. The number of anilines is 1. The average molecular weight is 345 g/mol. The summed E-state index contributed by atoms with van der Waals surface area (Å²) in [6.07, 6.45) is 0. The van der Waals surface area contributed by atoms with E-state index < -0.39 is 11.6 Å². The van der Waals surface area contributed by atoms with Crippen molar-refractivity contribution in [2.45, 2.75) is 11.9 Å². The van der Waals surface area contributed by atoms with Crippen molar-refractivity contribution in [1.82, 2.24) is 9.97 Å². The number of benzene rings is 2. The lowest BCUT2D eigenvalue weighted by Gasteiger charge is -2.07. The van der Waals surface area contributed by atoms with Crippen molar-refractivity contribution in [3.8, 4) is 0 Å². The quantitative estimate of drug-likeness (QED) is 0.728. The van der Waals surface area contributed by atoms with Gasteiger partial charge in [-0.15, -0.1) is 0 Å². The number of aromatic nitrogens is 2. The summed E-state index contributed by atoms with van der Waals surface area (Å²) in [7, 11) is 0. The van der Waals surface area contributed by atoms with E-state index in [2.05, 4.69) is 15.3 Å². The highest BCUT2D eigenvalue weighted by molar-refractivity contribution is 8.00. The number of nitrogens with one attached hydrogen (secondary N) is 1. The standard InChI is InChI=1S/C17H13F2N3OS/c1-10-17(22-15-5-3-2-4-14(15)20-10)24-9-16(23)21-13-7-11(18)6-12(19)8-13/h2-8H,9H2,1H3,(H,21,23). The fourth-order valence-electron chi connectivity index (χ4n) is 2.17. The Morgan fingerprint density at radius 3 is 2.38 bits per heavy atom. The molecule has 1 heterocycles. The zero-order chi connectivity index (χ0) is 17.1. The van der Waals surface area contributed by atoms with Gasteiger partial charge in [0.1, 0.15) is 16.7 Å². The van der Waals surface area contributed by atoms with E-state index in [0.29, 0.717) is 5.03 Å². The highest BCUT2D eigenvalue weighted by atomic mass is 32.2. The summed E-state index contributed by atoms with van der Waals surface area (Å²) in [6, 6.07) is 10.3. The van der Waals surface area contributed by atoms with Gasteiger partial charge < -0.3 is 5.32 Å². The minimum Gasteiger partial charge on any atom is -0.325 e. The molecule has 0 radical (unpaired) electrons. The van der Waals surface area contributed by atoms with Crippen molar-refractivity contribution in [1.29, 1.82) is 0 Å². The number of thioether (sulfide) groups is 1. The predicted molar refractivity (Wildman–Crippen MR) is 90.0 cm³/mol. The molecule has 0 saturated carbocycles. The van der Waals surface area contributed by atoms with Gasteiger partial charge in [-0.3, -0.25) is 4.79 Å². The molecule has 1 N–H and O–H groups in total. The number of rotatable bonds is 4. The number of carbonyl (C=O) groups is 1. The maximum absolute atomic E-state index is 13.1. The zero-order valence-corrected chi connectivity index (χ0v) is 13.5. The number of halogens is 2. The molecule has 0 aliphatic carbocycles. The molecule has 0 fully saturated rings. The van der Waals surface area contributed by atoms with Crippen molar-refractivity contribution in [3.05, 3.63) is 59.8 Å². The maximum atomic E-state index is 13.1. The Balaban J connectivity index is 1.69. The number of hydrogen-bond donors (Lipinski definition) is 1. The molecule has 122 valence electrons. The number of para-hydroxylation sites is 2. The molecule has 0 aliphatic heterocycles. The largest absolute Gasteiger partial charge is 0.325 e. The fourth-order valence-corrected chi connectivity index (χ4v) is 2.92. The molecule has 0 saturated heterocycles. The average Bonchev–Trinajstić information content (AvgIpc) is 2.52. The minimum absolute atomic E-state index is 0.0615. The number of carbonyl (C=O) groups excluding carboxylic acids is 1. The molecule has 3 rings (SSSR count). The van der Waals surface area contributed by atoms with E-state index in [4.69, 9.17) is 0 Å². The van der Waals surface area contributed by atoms with Gasteiger partial charge in [0.2, 0.25) is 5.91 Å². The first-order valence-corrected chi connectivity index (χ1v) is 8.12. The van der Waals surface area contributed by atoms with Crippen LogP contribution in [0.4, 0.5) is 14.5 Å². The predicted octanol–water partition coefficient (Wildman–Crippen LogP) is 3.95. The third kappa shape index (κ3) is 3.86. The second-order valence-electron chi connectivity index (χ2n) is 5.10. The van der Waals surface area contributed by atoms with E-state index >= 15 is 0 Å². The molecule has 1 aromatic heterocycles. The van der Waals surface area contributed by atoms with Crippen LogP contribution in [0.5, 0.6) is 0 Å². The summed E-state index contributed by atoms with van der Waals surface area (Å²) in [5.74, 6) is -1.80. The molecule has 3 aromatic rings. The monoisotopic (exact) mass is 345 g/mol. The van der Waals surface area contributed by atoms with Crippen molar-refractivity contribution in [2.24, 2.45) is 0 Å². The summed E-state index contributed by atoms with van der Waals surface area (Å²) in [4.78, 5) is 20.9. The number of hydrogen-bond acceptors (Lipinski definition) is 4. The number of amides is 1. The smallest absolute Gasteiger partial charge is 0.234 e. The van der Waals surface area contributed by atoms with Crippen molar-refractivity contribution < 1.29 is 13.6 Å². The maximum Gasteiger partial charge on any atom is 0.234 e. The Morgan fingerprint density at radius 1 is 1.08 bits per heavy atom. The molecule has 0 spiro atoms. The molecule has 0 unspecified atom stereocenters. The van der Waals surface area contributed by atoms with Crippen LogP contribution in [0.15, 0.2) is 47.5 Å². The summed E-state index contributed by atoms with van der Waals surface area (Å²) < 4.78 is 26.2. The topological polar surface area (TPSA) is 54.9 Å². The van der Waals surface area contributed by atoms with Crippen molar-refractivity contribution in [3.63, 3.8) is 0 Å². The van der Waals surface area contributed by atoms with Gasteiger partial charge in [0.25, 0.3) is 0 Å². The van der Waals surface area contributed by atoms with Crippen LogP contribution in [0, 0.1) is 18.6 Å². The third-order valence-electron chi connectivity index (χ3n) is 3.19. The third-order valence-corrected chi connectivity index (χ3v) is 4.25. The normalized spacial score (nSPS) is 10.8. The Bertz CT molecular complexity index is 897. The van der Waals surface area contributed by atoms with Crippen LogP contribution < -0.4 is 5.32 Å². The summed E-state index contributed by atoms with van der Waals surface area (Å²) >= 11 is 1.22. The van der Waals surface area contributed by atoms with Crippen LogP contribution in [0.25, 0.3) is 11.0 Å². The van der Waals surface area contributed by atoms with Crippen LogP contribution in [0.1, 0.15) is 5.69 Å². The van der Waals surface area contributed by atoms with Gasteiger partial charge in [-0.2, -0.15) is 0 Å². The SMILES string of the molecule is Cc1nc2ccccc2nc1SCC(=O)Nc1cc(F)cc(F)c1. The highest BCUT2D eigenvalue weighted by Gasteiger charge is 2.10. The second kappa shape index (κ2) is 6.92. The van der Waals surface area contributed by atoms with Crippen molar-refractivity contribution in [2.75, 3.05) is 11.1 Å². The van der Waals surface area contributed by atoms with Crippen LogP contribution in [-0.2, 0) is 4.79 Å². The molecule has 7 heteroatoms. The van der Waals surface area contributed by atoms with Gasteiger partial charge >= 0.3 is 0 Å². The fraction of sp³-hybridized carbons (Fsp3) is 0.118. The highest BCUT2D eigenvalue weighted by Crippen LogP contribution is 2.22. The molecule has 0 bridgehead atoms. The number of nitrogens with zero attached hydrogens (tertiary/aromatic N) is 2. The molecule has 24 heavy (non-hydrogen) atoms. The molecule has 4 nitrogen and oxygen atoms in total. The Hall–Kier alpha value is -2.54. The number of fused-ring (bicyclic) bond motifs is 1. The first-order valence-electron chi connectivity index (χ1n) is 7.13. The minimum atomic E-state index is -0.741. The van der Waals surface area contributed by atoms with E-state index in [1.54, 1.807) is 0 Å². The van der Waals surface area contributed by atoms with E-state index in [-0.39, 0.29) is 17.3 Å². The first-order chi connectivity index (χ1) is 11.5. The van der Waals surface area contributed by atoms with Crippen LogP contribution >= 0.6 is 11.8 Å². The summed E-state index contributed by atoms with van der Waals surface area (Å²) in [5, 5.41) is 3.11. The molecule has 1 amide bonds. The van der Waals surface area contributed by atoms with Gasteiger partial charge in [0.15, 0.2) is 0 Å². The van der Waals surface area contributed by atoms with Crippen LogP contribution in [0.2, 0.25) is 0 Å². The van der Waals surface area contributed by atoms with Gasteiger partial charge in [-0.05, 0) is 31.2 Å². The summed E-state index contributed by atoms with van der Waals surface area (Å²) in [6.45, 7) is 1.82. The van der Waals surface area contributed by atoms with E-state index in [0.717, 1.165) is 34.9 Å². The lowest BCUT2D eigenvalue weighted by atomic mass is 10.3. The molecule has 0 aliphatic rings. The molecule has 0 atom stereocenters. The van der Waals surface area contributed by atoms with E-state index in [9.17, 15) is 13.6 Å². The Kier molecular flexibility index (Phi) is 4.71. The zero-order valence-electron chi connectivity index (χ0n) is 12.7.